The fourth-order valence-corrected chi connectivity index (χ4v) is 4.72. The van der Waals surface area contributed by atoms with Crippen LogP contribution in [-0.4, -0.2) is 26.8 Å². The Morgan fingerprint density at radius 2 is 1.67 bits per heavy atom. The van der Waals surface area contributed by atoms with Crippen LogP contribution in [0.2, 0.25) is 0 Å². The summed E-state index contributed by atoms with van der Waals surface area (Å²) >= 11 is 1.71. The number of sulfonamides is 1. The van der Waals surface area contributed by atoms with Gasteiger partial charge in [-0.25, -0.2) is 12.7 Å². The number of rotatable bonds is 2. The van der Waals surface area contributed by atoms with Gasteiger partial charge in [-0.2, -0.15) is 0 Å². The van der Waals surface area contributed by atoms with E-state index < -0.39 is 10.0 Å². The van der Waals surface area contributed by atoms with E-state index >= 15 is 0 Å². The zero-order chi connectivity index (χ0) is 15.2. The molecule has 0 aliphatic carbocycles. The van der Waals surface area contributed by atoms with E-state index in [1.54, 1.807) is 31.9 Å². The first-order valence-electron chi connectivity index (χ1n) is 6.74. The molecule has 0 N–H and O–H groups in total. The van der Waals surface area contributed by atoms with Gasteiger partial charge < -0.3 is 0 Å². The van der Waals surface area contributed by atoms with Crippen molar-refractivity contribution in [2.45, 2.75) is 27.5 Å². The lowest BCUT2D eigenvalue weighted by molar-refractivity contribution is 0.520. The van der Waals surface area contributed by atoms with Gasteiger partial charge in [-0.3, -0.25) is 0 Å². The third-order valence-electron chi connectivity index (χ3n) is 3.83. The second-order valence-electron chi connectivity index (χ2n) is 5.35. The van der Waals surface area contributed by atoms with Gasteiger partial charge in [-0.1, -0.05) is 36.9 Å². The molecular weight excluding hydrogens is 302 g/mol. The number of hydrogen-bond acceptors (Lipinski definition) is 3. The Kier molecular flexibility index (Phi) is 3.59. The number of hydrogen-bond donors (Lipinski definition) is 0. The standard InChI is InChI=1S/C16H17NO2S2/c1-11-13-6-4-5-7-15(13)20-16-9-8-12(10-14(11)16)21(18,19)17(2)3/h4-11H,1-3H3. The summed E-state index contributed by atoms with van der Waals surface area (Å²) in [5.74, 6) is 0.203. The summed E-state index contributed by atoms with van der Waals surface area (Å²) in [4.78, 5) is 2.75. The molecule has 1 unspecified atom stereocenters. The molecule has 2 aromatic rings. The Morgan fingerprint density at radius 3 is 2.38 bits per heavy atom. The van der Waals surface area contributed by atoms with Gasteiger partial charge in [-0.15, -0.1) is 0 Å². The maximum absolute atomic E-state index is 12.3. The predicted molar refractivity (Wildman–Crippen MR) is 85.4 cm³/mol. The molecule has 2 aromatic carbocycles. The normalized spacial score (nSPS) is 17.4. The highest BCUT2D eigenvalue weighted by molar-refractivity contribution is 7.99. The molecule has 0 saturated carbocycles. The monoisotopic (exact) mass is 319 g/mol. The van der Waals surface area contributed by atoms with E-state index in [-0.39, 0.29) is 5.92 Å². The first kappa shape index (κ1) is 14.6. The van der Waals surface area contributed by atoms with Crippen molar-refractivity contribution in [1.29, 1.82) is 0 Å². The minimum Gasteiger partial charge on any atom is -0.207 e. The van der Waals surface area contributed by atoms with E-state index in [4.69, 9.17) is 0 Å². The van der Waals surface area contributed by atoms with Gasteiger partial charge in [0, 0.05) is 29.8 Å². The van der Waals surface area contributed by atoms with E-state index in [9.17, 15) is 8.42 Å². The highest BCUT2D eigenvalue weighted by Crippen LogP contribution is 2.46. The Morgan fingerprint density at radius 1 is 1.00 bits per heavy atom. The topological polar surface area (TPSA) is 37.4 Å². The minimum absolute atomic E-state index is 0.203. The number of fused-ring (bicyclic) bond motifs is 2. The van der Waals surface area contributed by atoms with Crippen molar-refractivity contribution in [3.8, 4) is 0 Å². The van der Waals surface area contributed by atoms with E-state index in [0.29, 0.717) is 4.90 Å². The summed E-state index contributed by atoms with van der Waals surface area (Å²) in [6, 6.07) is 13.7. The molecule has 1 aliphatic heterocycles. The van der Waals surface area contributed by atoms with Crippen LogP contribution in [0.1, 0.15) is 24.0 Å². The highest BCUT2D eigenvalue weighted by atomic mass is 32.2. The lowest BCUT2D eigenvalue weighted by atomic mass is 9.92. The minimum atomic E-state index is -3.39. The van der Waals surface area contributed by atoms with Crippen LogP contribution in [0.4, 0.5) is 0 Å². The average Bonchev–Trinajstić information content (AvgIpc) is 2.47. The lowest BCUT2D eigenvalue weighted by Gasteiger charge is -2.26. The molecule has 1 heterocycles. The summed E-state index contributed by atoms with van der Waals surface area (Å²) in [6.45, 7) is 2.13. The zero-order valence-electron chi connectivity index (χ0n) is 12.2. The van der Waals surface area contributed by atoms with Gasteiger partial charge in [0.2, 0.25) is 10.0 Å². The molecule has 0 amide bonds. The first-order valence-corrected chi connectivity index (χ1v) is 9.00. The quantitative estimate of drug-likeness (QED) is 0.849. The van der Waals surface area contributed by atoms with Crippen molar-refractivity contribution in [3.63, 3.8) is 0 Å². The van der Waals surface area contributed by atoms with Crippen LogP contribution >= 0.6 is 11.8 Å². The molecule has 21 heavy (non-hydrogen) atoms. The van der Waals surface area contributed by atoms with Crippen molar-refractivity contribution in [3.05, 3.63) is 53.6 Å². The zero-order valence-corrected chi connectivity index (χ0v) is 13.8. The molecule has 0 bridgehead atoms. The van der Waals surface area contributed by atoms with Crippen LogP contribution in [0.5, 0.6) is 0 Å². The molecule has 0 saturated heterocycles. The van der Waals surface area contributed by atoms with E-state index in [0.717, 1.165) is 10.5 Å². The van der Waals surface area contributed by atoms with E-state index in [1.165, 1.54) is 14.8 Å². The maximum Gasteiger partial charge on any atom is 0.242 e. The summed E-state index contributed by atoms with van der Waals surface area (Å²) in [7, 11) is -0.271. The Bertz CT molecular complexity index is 798. The molecule has 3 nitrogen and oxygen atoms in total. The van der Waals surface area contributed by atoms with Crippen molar-refractivity contribution in [2.75, 3.05) is 14.1 Å². The summed E-state index contributed by atoms with van der Waals surface area (Å²) in [6.07, 6.45) is 0. The lowest BCUT2D eigenvalue weighted by Crippen LogP contribution is -2.22. The largest absolute Gasteiger partial charge is 0.242 e. The number of benzene rings is 2. The molecule has 110 valence electrons. The Hall–Kier alpha value is -1.30. The Labute approximate surface area is 130 Å². The fourth-order valence-electron chi connectivity index (χ4n) is 2.55. The van der Waals surface area contributed by atoms with Gasteiger partial charge in [0.1, 0.15) is 0 Å². The second-order valence-corrected chi connectivity index (χ2v) is 8.58. The molecule has 0 radical (unpaired) electrons. The summed E-state index contributed by atoms with van der Waals surface area (Å²) in [5.41, 5.74) is 2.34. The molecule has 1 aliphatic rings. The van der Waals surface area contributed by atoms with Crippen LogP contribution in [0.15, 0.2) is 57.2 Å². The van der Waals surface area contributed by atoms with Crippen LogP contribution in [-0.2, 0) is 10.0 Å². The molecule has 5 heteroatoms. The first-order chi connectivity index (χ1) is 9.91. The summed E-state index contributed by atoms with van der Waals surface area (Å²) < 4.78 is 25.8. The summed E-state index contributed by atoms with van der Waals surface area (Å²) in [5, 5.41) is 0. The third-order valence-corrected chi connectivity index (χ3v) is 6.83. The predicted octanol–water partition coefficient (Wildman–Crippen LogP) is 3.55. The van der Waals surface area contributed by atoms with Crippen LogP contribution in [0.3, 0.4) is 0 Å². The highest BCUT2D eigenvalue weighted by Gasteiger charge is 2.25. The molecule has 1 atom stereocenters. The van der Waals surface area contributed by atoms with Crippen molar-refractivity contribution in [2.24, 2.45) is 0 Å². The second kappa shape index (κ2) is 5.16. The fraction of sp³-hybridized carbons (Fsp3) is 0.250. The SMILES string of the molecule is CC1c2ccccc2Sc2ccc(S(=O)(=O)N(C)C)cc21. The molecular formula is C16H17NO2S2. The molecule has 3 rings (SSSR count). The van der Waals surface area contributed by atoms with Crippen molar-refractivity contribution < 1.29 is 8.42 Å². The van der Waals surface area contributed by atoms with E-state index in [1.807, 2.05) is 24.3 Å². The van der Waals surface area contributed by atoms with Gasteiger partial charge >= 0.3 is 0 Å². The van der Waals surface area contributed by atoms with Crippen LogP contribution in [0, 0.1) is 0 Å². The van der Waals surface area contributed by atoms with Crippen LogP contribution < -0.4 is 0 Å². The van der Waals surface area contributed by atoms with Crippen LogP contribution in [0.25, 0.3) is 0 Å². The van der Waals surface area contributed by atoms with Gasteiger partial charge in [-0.05, 0) is 35.4 Å². The van der Waals surface area contributed by atoms with E-state index in [2.05, 4.69) is 19.1 Å². The maximum atomic E-state index is 12.3. The smallest absolute Gasteiger partial charge is 0.207 e. The average molecular weight is 319 g/mol. The van der Waals surface area contributed by atoms with Crippen molar-refractivity contribution >= 4 is 21.8 Å². The van der Waals surface area contributed by atoms with Gasteiger partial charge in [0.05, 0.1) is 4.90 Å². The van der Waals surface area contributed by atoms with Gasteiger partial charge in [0.15, 0.2) is 0 Å². The number of nitrogens with zero attached hydrogens (tertiary/aromatic N) is 1. The molecule has 0 fully saturated rings. The molecule has 0 aromatic heterocycles. The molecule has 0 spiro atoms. The Balaban J connectivity index is 2.12. The van der Waals surface area contributed by atoms with Crippen molar-refractivity contribution in [1.82, 2.24) is 4.31 Å². The third kappa shape index (κ3) is 2.39. The van der Waals surface area contributed by atoms with Gasteiger partial charge in [0.25, 0.3) is 0 Å².